The lowest BCUT2D eigenvalue weighted by molar-refractivity contribution is 0.0929. The molecule has 6 nitrogen and oxygen atoms in total. The van der Waals surface area contributed by atoms with Crippen LogP contribution in [0.15, 0.2) is 36.4 Å². The second-order valence-corrected chi connectivity index (χ2v) is 10.0. The van der Waals surface area contributed by atoms with E-state index in [-0.39, 0.29) is 17.4 Å². The Balaban J connectivity index is 1.91. The van der Waals surface area contributed by atoms with Crippen LogP contribution in [0, 0.1) is 0 Å². The molecule has 0 spiro atoms. The molecule has 0 radical (unpaired) electrons. The van der Waals surface area contributed by atoms with Crippen LogP contribution in [0.25, 0.3) is 16.9 Å². The topological polar surface area (TPSA) is 62.5 Å². The number of carbonyl (C=O) groups excluding carboxylic acids is 1. The Kier molecular flexibility index (Phi) is 8.14. The second kappa shape index (κ2) is 10.7. The third-order valence-electron chi connectivity index (χ3n) is 5.96. The molecule has 0 aliphatic rings. The van der Waals surface area contributed by atoms with Crippen molar-refractivity contribution in [3.05, 3.63) is 52.8 Å². The number of amides is 1. The molecule has 178 valence electrons. The quantitative estimate of drug-likeness (QED) is 0.443. The number of nitrogens with one attached hydrogen (secondary N) is 1. The van der Waals surface area contributed by atoms with Gasteiger partial charge in [0.15, 0.2) is 5.65 Å². The van der Waals surface area contributed by atoms with E-state index in [2.05, 4.69) is 51.8 Å². The summed E-state index contributed by atoms with van der Waals surface area (Å²) in [5.41, 5.74) is 3.27. The van der Waals surface area contributed by atoms with E-state index in [1.54, 1.807) is 10.6 Å². The summed E-state index contributed by atoms with van der Waals surface area (Å²) in [6, 6.07) is 11.3. The molecule has 0 unspecified atom stereocenters. The zero-order chi connectivity index (χ0) is 24.2. The van der Waals surface area contributed by atoms with Crippen molar-refractivity contribution in [2.45, 2.75) is 65.8 Å². The van der Waals surface area contributed by atoms with Gasteiger partial charge in [-0.2, -0.15) is 5.10 Å². The number of nitrogens with zero attached hydrogens (tertiary/aromatic N) is 4. The zero-order valence-electron chi connectivity index (χ0n) is 20.7. The van der Waals surface area contributed by atoms with Crippen LogP contribution in [0.4, 0.5) is 0 Å². The fourth-order valence-electron chi connectivity index (χ4n) is 3.84. The summed E-state index contributed by atoms with van der Waals surface area (Å²) in [6.45, 7) is 15.8. The van der Waals surface area contributed by atoms with E-state index >= 15 is 0 Å². The lowest BCUT2D eigenvalue weighted by atomic mass is 9.93. The molecular weight excluding hydrogens is 434 g/mol. The highest BCUT2D eigenvalue weighted by Gasteiger charge is 2.23. The Morgan fingerprint density at radius 3 is 2.52 bits per heavy atom. The third-order valence-corrected chi connectivity index (χ3v) is 6.29. The van der Waals surface area contributed by atoms with Gasteiger partial charge in [-0.3, -0.25) is 4.79 Å². The molecule has 3 rings (SSSR count). The largest absolute Gasteiger partial charge is 0.348 e. The summed E-state index contributed by atoms with van der Waals surface area (Å²) in [6.07, 6.45) is 1.95. The first kappa shape index (κ1) is 25.2. The third kappa shape index (κ3) is 6.12. The highest BCUT2D eigenvalue weighted by molar-refractivity contribution is 6.33. The van der Waals surface area contributed by atoms with Crippen LogP contribution in [0.3, 0.4) is 0 Å². The number of carbonyl (C=O) groups is 1. The molecule has 0 aliphatic carbocycles. The summed E-state index contributed by atoms with van der Waals surface area (Å²) in [7, 11) is 0. The molecule has 2 aromatic heterocycles. The average Bonchev–Trinajstić information content (AvgIpc) is 3.21. The van der Waals surface area contributed by atoms with E-state index in [0.29, 0.717) is 22.1 Å². The fraction of sp³-hybridized carbons (Fsp3) is 0.500. The lowest BCUT2D eigenvalue weighted by Gasteiger charge is -2.20. The van der Waals surface area contributed by atoms with Crippen molar-refractivity contribution in [1.29, 1.82) is 0 Å². The van der Waals surface area contributed by atoms with Gasteiger partial charge in [-0.1, -0.05) is 64.4 Å². The van der Waals surface area contributed by atoms with E-state index < -0.39 is 0 Å². The number of benzene rings is 1. The molecule has 1 amide bonds. The minimum atomic E-state index is -0.163. The Hall–Kier alpha value is -2.44. The smallest absolute Gasteiger partial charge is 0.270 e. The molecule has 3 aromatic rings. The first-order chi connectivity index (χ1) is 15.6. The molecule has 1 N–H and O–H groups in total. The van der Waals surface area contributed by atoms with Crippen molar-refractivity contribution >= 4 is 23.2 Å². The maximum atomic E-state index is 13.4. The summed E-state index contributed by atoms with van der Waals surface area (Å²) >= 11 is 6.44. The standard InChI is InChI=1S/C26H36ClN5O/c1-7-31(8-2)15-11-12-18(3)28-25(33)22-16-21(19-13-9-10-14-20(19)27)29-24-17-23(26(4,5)6)30-32(22)24/h9-10,13-14,16-18H,7-8,11-12,15H2,1-6H3,(H,28,33)/t18-/m0/s1. The average molecular weight is 470 g/mol. The second-order valence-electron chi connectivity index (χ2n) is 9.60. The summed E-state index contributed by atoms with van der Waals surface area (Å²) < 4.78 is 1.65. The van der Waals surface area contributed by atoms with Gasteiger partial charge in [0.1, 0.15) is 5.69 Å². The van der Waals surface area contributed by atoms with Crippen molar-refractivity contribution in [3.63, 3.8) is 0 Å². The van der Waals surface area contributed by atoms with Gasteiger partial charge in [0, 0.05) is 28.1 Å². The minimum absolute atomic E-state index is 0.0534. The van der Waals surface area contributed by atoms with Gasteiger partial charge in [0.2, 0.25) is 0 Å². The van der Waals surface area contributed by atoms with E-state index in [4.69, 9.17) is 21.7 Å². The molecule has 1 atom stereocenters. The van der Waals surface area contributed by atoms with Gasteiger partial charge < -0.3 is 10.2 Å². The predicted octanol–water partition coefficient (Wildman–Crippen LogP) is 5.59. The normalized spacial score (nSPS) is 13.0. The van der Waals surface area contributed by atoms with Crippen LogP contribution >= 0.6 is 11.6 Å². The molecule has 0 aliphatic heterocycles. The van der Waals surface area contributed by atoms with Gasteiger partial charge in [-0.05, 0) is 51.5 Å². The Morgan fingerprint density at radius 1 is 1.18 bits per heavy atom. The molecule has 0 fully saturated rings. The van der Waals surface area contributed by atoms with Crippen LogP contribution in [0.5, 0.6) is 0 Å². The summed E-state index contributed by atoms with van der Waals surface area (Å²) in [5, 5.41) is 8.49. The Morgan fingerprint density at radius 2 is 1.88 bits per heavy atom. The van der Waals surface area contributed by atoms with Gasteiger partial charge in [-0.25, -0.2) is 9.50 Å². The van der Waals surface area contributed by atoms with Crippen molar-refractivity contribution in [2.75, 3.05) is 19.6 Å². The van der Waals surface area contributed by atoms with Crippen molar-refractivity contribution in [2.24, 2.45) is 0 Å². The number of hydrogen-bond donors (Lipinski definition) is 1. The number of fused-ring (bicyclic) bond motifs is 1. The maximum Gasteiger partial charge on any atom is 0.270 e. The van der Waals surface area contributed by atoms with Crippen molar-refractivity contribution in [1.82, 2.24) is 24.8 Å². The van der Waals surface area contributed by atoms with Gasteiger partial charge >= 0.3 is 0 Å². The van der Waals surface area contributed by atoms with Crippen LogP contribution in [-0.2, 0) is 5.41 Å². The number of halogens is 1. The molecule has 7 heteroatoms. The van der Waals surface area contributed by atoms with Crippen LogP contribution in [-0.4, -0.2) is 51.1 Å². The van der Waals surface area contributed by atoms with E-state index in [1.807, 2.05) is 30.3 Å². The van der Waals surface area contributed by atoms with Gasteiger partial charge in [0.25, 0.3) is 5.91 Å². The molecule has 0 saturated carbocycles. The summed E-state index contributed by atoms with van der Waals surface area (Å²) in [4.78, 5) is 20.5. The number of rotatable bonds is 9. The number of hydrogen-bond acceptors (Lipinski definition) is 4. The first-order valence-electron chi connectivity index (χ1n) is 11.8. The van der Waals surface area contributed by atoms with Crippen LogP contribution < -0.4 is 5.32 Å². The highest BCUT2D eigenvalue weighted by atomic mass is 35.5. The van der Waals surface area contributed by atoms with Crippen LogP contribution in [0.2, 0.25) is 5.02 Å². The van der Waals surface area contributed by atoms with Gasteiger partial charge in [0.05, 0.1) is 11.4 Å². The molecule has 0 bridgehead atoms. The van der Waals surface area contributed by atoms with Gasteiger partial charge in [-0.15, -0.1) is 0 Å². The molecule has 2 heterocycles. The predicted molar refractivity (Wildman–Crippen MR) is 136 cm³/mol. The number of aromatic nitrogens is 3. The first-order valence-corrected chi connectivity index (χ1v) is 12.2. The van der Waals surface area contributed by atoms with E-state index in [1.165, 1.54) is 0 Å². The fourth-order valence-corrected chi connectivity index (χ4v) is 4.07. The van der Waals surface area contributed by atoms with E-state index in [0.717, 1.165) is 43.7 Å². The molecule has 1 aromatic carbocycles. The van der Waals surface area contributed by atoms with Crippen LogP contribution in [0.1, 0.15) is 70.6 Å². The molecular formula is C26H36ClN5O. The molecule has 0 saturated heterocycles. The Labute approximate surface area is 202 Å². The zero-order valence-corrected chi connectivity index (χ0v) is 21.4. The van der Waals surface area contributed by atoms with Crippen molar-refractivity contribution < 1.29 is 4.79 Å². The SMILES string of the molecule is CCN(CC)CCC[C@H](C)NC(=O)c1cc(-c2ccccc2Cl)nc2cc(C(C)(C)C)nn12. The highest BCUT2D eigenvalue weighted by Crippen LogP contribution is 2.29. The van der Waals surface area contributed by atoms with Crippen molar-refractivity contribution in [3.8, 4) is 11.3 Å². The monoisotopic (exact) mass is 469 g/mol. The lowest BCUT2D eigenvalue weighted by Crippen LogP contribution is -2.35. The Bertz CT molecular complexity index is 1100. The summed E-state index contributed by atoms with van der Waals surface area (Å²) in [5.74, 6) is -0.158. The minimum Gasteiger partial charge on any atom is -0.348 e. The molecule has 33 heavy (non-hydrogen) atoms. The van der Waals surface area contributed by atoms with E-state index in [9.17, 15) is 4.79 Å². The maximum absolute atomic E-state index is 13.4.